The Morgan fingerprint density at radius 2 is 2.20 bits per heavy atom. The number of anilines is 1. The van der Waals surface area contributed by atoms with Gasteiger partial charge in [0.25, 0.3) is 0 Å². The molecule has 2 aromatic rings. The number of hydrogen-bond acceptors (Lipinski definition) is 3. The van der Waals surface area contributed by atoms with Crippen molar-refractivity contribution in [3.05, 3.63) is 33.3 Å². The molecule has 2 N–H and O–H groups in total. The fourth-order valence-corrected chi connectivity index (χ4v) is 1.93. The normalized spacial score (nSPS) is 10.6. The Morgan fingerprint density at radius 1 is 1.47 bits per heavy atom. The number of nitrogens with zero attached hydrogens (tertiary/aromatic N) is 3. The first-order valence-corrected chi connectivity index (χ1v) is 5.30. The lowest BCUT2D eigenvalue weighted by molar-refractivity contribution is 0.625. The van der Waals surface area contributed by atoms with Crippen LogP contribution in [0.15, 0.2) is 18.2 Å². The maximum absolute atomic E-state index is 12.9. The quantitative estimate of drug-likeness (QED) is 0.817. The first kappa shape index (κ1) is 10.3. The van der Waals surface area contributed by atoms with Crippen molar-refractivity contribution in [2.75, 3.05) is 5.73 Å². The van der Waals surface area contributed by atoms with E-state index in [-0.39, 0.29) is 5.82 Å². The third kappa shape index (κ3) is 1.81. The molecule has 2 rings (SSSR count). The highest BCUT2D eigenvalue weighted by atomic mass is 127. The summed E-state index contributed by atoms with van der Waals surface area (Å²) in [5, 5.41) is 7.64. The summed E-state index contributed by atoms with van der Waals surface area (Å²) < 4.78 is 15.3. The third-order valence-corrected chi connectivity index (χ3v) is 2.93. The van der Waals surface area contributed by atoms with Gasteiger partial charge >= 0.3 is 0 Å². The second-order valence-corrected chi connectivity index (χ2v) is 4.23. The second kappa shape index (κ2) is 3.76. The molecule has 0 aliphatic rings. The van der Waals surface area contributed by atoms with E-state index >= 15 is 0 Å². The maximum Gasteiger partial charge on any atom is 0.169 e. The number of aromatic nitrogens is 3. The molecule has 0 fully saturated rings. The van der Waals surface area contributed by atoms with Crippen LogP contribution in [0.3, 0.4) is 0 Å². The van der Waals surface area contributed by atoms with Crippen molar-refractivity contribution in [2.45, 2.75) is 6.92 Å². The average Bonchev–Trinajstić information content (AvgIpc) is 2.49. The number of halogens is 2. The Bertz CT molecular complexity index is 509. The standard InChI is InChI=1S/C9H8FIN4/c1-5-9(12)13-14-15(5)8-3-2-6(10)4-7(8)11/h2-4H,12H2,1H3. The second-order valence-electron chi connectivity index (χ2n) is 3.07. The number of benzene rings is 1. The van der Waals surface area contributed by atoms with Crippen molar-refractivity contribution >= 4 is 28.4 Å². The zero-order chi connectivity index (χ0) is 11.0. The van der Waals surface area contributed by atoms with Crippen LogP contribution in [0.25, 0.3) is 5.69 Å². The van der Waals surface area contributed by atoms with Crippen LogP contribution in [0.2, 0.25) is 0 Å². The van der Waals surface area contributed by atoms with Crippen molar-refractivity contribution in [1.82, 2.24) is 15.0 Å². The van der Waals surface area contributed by atoms with Gasteiger partial charge in [-0.3, -0.25) is 0 Å². The Labute approximate surface area is 99.4 Å². The van der Waals surface area contributed by atoms with E-state index in [1.54, 1.807) is 10.7 Å². The van der Waals surface area contributed by atoms with Gasteiger partial charge in [0, 0.05) is 3.57 Å². The van der Waals surface area contributed by atoms with E-state index in [9.17, 15) is 4.39 Å². The molecular formula is C9H8FIN4. The summed E-state index contributed by atoms with van der Waals surface area (Å²) >= 11 is 2.05. The van der Waals surface area contributed by atoms with Crippen LogP contribution < -0.4 is 5.73 Å². The molecule has 6 heteroatoms. The van der Waals surface area contributed by atoms with Gasteiger partial charge in [-0.15, -0.1) is 5.10 Å². The van der Waals surface area contributed by atoms with E-state index in [2.05, 4.69) is 10.3 Å². The summed E-state index contributed by atoms with van der Waals surface area (Å²) in [5.41, 5.74) is 7.11. The molecule has 1 heterocycles. The Kier molecular flexibility index (Phi) is 2.59. The van der Waals surface area contributed by atoms with Crippen LogP contribution in [0.1, 0.15) is 5.69 Å². The number of nitrogens with two attached hydrogens (primary N) is 1. The molecule has 0 aliphatic heterocycles. The van der Waals surface area contributed by atoms with Crippen LogP contribution in [0.5, 0.6) is 0 Å². The number of hydrogen-bond donors (Lipinski definition) is 1. The smallest absolute Gasteiger partial charge is 0.169 e. The van der Waals surface area contributed by atoms with Crippen LogP contribution in [0, 0.1) is 16.3 Å². The highest BCUT2D eigenvalue weighted by Crippen LogP contribution is 2.20. The zero-order valence-corrected chi connectivity index (χ0v) is 10.1. The predicted octanol–water partition coefficient (Wildman–Crippen LogP) is 1.90. The van der Waals surface area contributed by atoms with Crippen molar-refractivity contribution in [2.24, 2.45) is 0 Å². The summed E-state index contributed by atoms with van der Waals surface area (Å²) in [5.74, 6) is 0.115. The van der Waals surface area contributed by atoms with Crippen molar-refractivity contribution in [3.63, 3.8) is 0 Å². The van der Waals surface area contributed by atoms with E-state index in [0.29, 0.717) is 5.82 Å². The summed E-state index contributed by atoms with van der Waals surface area (Å²) in [6.07, 6.45) is 0. The SMILES string of the molecule is Cc1c(N)nnn1-c1ccc(F)cc1I. The molecule has 0 amide bonds. The molecule has 0 bridgehead atoms. The number of nitrogen functional groups attached to an aromatic ring is 1. The van der Waals surface area contributed by atoms with E-state index in [0.717, 1.165) is 15.0 Å². The van der Waals surface area contributed by atoms with Gasteiger partial charge in [0.15, 0.2) is 5.82 Å². The predicted molar refractivity (Wildman–Crippen MR) is 63.2 cm³/mol. The van der Waals surface area contributed by atoms with Crippen molar-refractivity contribution < 1.29 is 4.39 Å². The molecule has 0 atom stereocenters. The van der Waals surface area contributed by atoms with E-state index in [1.807, 2.05) is 29.5 Å². The molecule has 0 aliphatic carbocycles. The van der Waals surface area contributed by atoms with E-state index in [1.165, 1.54) is 12.1 Å². The Morgan fingerprint density at radius 3 is 2.73 bits per heavy atom. The summed E-state index contributed by atoms with van der Waals surface area (Å²) in [6, 6.07) is 4.47. The molecule has 0 unspecified atom stereocenters. The minimum Gasteiger partial charge on any atom is -0.381 e. The molecule has 0 spiro atoms. The van der Waals surface area contributed by atoms with Gasteiger partial charge < -0.3 is 5.73 Å². The lowest BCUT2D eigenvalue weighted by atomic mass is 10.3. The molecule has 4 nitrogen and oxygen atoms in total. The molecule has 15 heavy (non-hydrogen) atoms. The van der Waals surface area contributed by atoms with E-state index in [4.69, 9.17) is 5.73 Å². The summed E-state index contributed by atoms with van der Waals surface area (Å²) in [7, 11) is 0. The minimum absolute atomic E-state index is 0.270. The molecule has 1 aromatic heterocycles. The molecule has 78 valence electrons. The fourth-order valence-electron chi connectivity index (χ4n) is 1.22. The topological polar surface area (TPSA) is 56.7 Å². The molecule has 0 radical (unpaired) electrons. The summed E-state index contributed by atoms with van der Waals surface area (Å²) in [4.78, 5) is 0. The van der Waals surface area contributed by atoms with E-state index < -0.39 is 0 Å². The Balaban J connectivity index is 2.59. The highest BCUT2D eigenvalue weighted by Gasteiger charge is 2.10. The first-order chi connectivity index (χ1) is 7.09. The zero-order valence-electron chi connectivity index (χ0n) is 7.91. The maximum atomic E-state index is 12.9. The third-order valence-electron chi connectivity index (χ3n) is 2.07. The van der Waals surface area contributed by atoms with Gasteiger partial charge in [0.05, 0.1) is 11.4 Å². The lowest BCUT2D eigenvalue weighted by Crippen LogP contribution is -2.02. The summed E-state index contributed by atoms with van der Waals surface area (Å²) in [6.45, 7) is 1.81. The molecule has 1 aromatic carbocycles. The first-order valence-electron chi connectivity index (χ1n) is 4.23. The fraction of sp³-hybridized carbons (Fsp3) is 0.111. The van der Waals surface area contributed by atoms with Crippen molar-refractivity contribution in [3.8, 4) is 5.69 Å². The molecule has 0 saturated heterocycles. The van der Waals surface area contributed by atoms with Gasteiger partial charge in [-0.25, -0.2) is 9.07 Å². The monoisotopic (exact) mass is 318 g/mol. The van der Waals surface area contributed by atoms with Gasteiger partial charge in [0.1, 0.15) is 5.82 Å². The number of rotatable bonds is 1. The van der Waals surface area contributed by atoms with Crippen LogP contribution in [-0.4, -0.2) is 15.0 Å². The molecule has 0 saturated carbocycles. The van der Waals surface area contributed by atoms with Gasteiger partial charge in [-0.05, 0) is 47.7 Å². The van der Waals surface area contributed by atoms with Crippen LogP contribution >= 0.6 is 22.6 Å². The van der Waals surface area contributed by atoms with Gasteiger partial charge in [-0.1, -0.05) is 5.21 Å². The average molecular weight is 318 g/mol. The largest absolute Gasteiger partial charge is 0.381 e. The highest BCUT2D eigenvalue weighted by molar-refractivity contribution is 14.1. The van der Waals surface area contributed by atoms with Gasteiger partial charge in [0.2, 0.25) is 0 Å². The Hall–Kier alpha value is -1.18. The van der Waals surface area contributed by atoms with Crippen molar-refractivity contribution in [1.29, 1.82) is 0 Å². The van der Waals surface area contributed by atoms with Crippen LogP contribution in [0.4, 0.5) is 10.2 Å². The minimum atomic E-state index is -0.270. The lowest BCUT2D eigenvalue weighted by Gasteiger charge is -2.05. The van der Waals surface area contributed by atoms with Crippen LogP contribution in [-0.2, 0) is 0 Å². The molecular weight excluding hydrogens is 310 g/mol. The van der Waals surface area contributed by atoms with Gasteiger partial charge in [-0.2, -0.15) is 0 Å².